The third kappa shape index (κ3) is 1.27. The third-order valence-electron chi connectivity index (χ3n) is 4.16. The first kappa shape index (κ1) is 9.44. The van der Waals surface area contributed by atoms with Gasteiger partial charge >= 0.3 is 0 Å². The van der Waals surface area contributed by atoms with E-state index in [1.165, 1.54) is 43.7 Å². The Kier molecular flexibility index (Phi) is 1.80. The largest absolute Gasteiger partial charge is 0.332 e. The minimum Gasteiger partial charge on any atom is -0.332 e. The highest BCUT2D eigenvalue weighted by atomic mass is 15.1. The van der Waals surface area contributed by atoms with Gasteiger partial charge in [-0.1, -0.05) is 20.8 Å². The number of fused-ring (bicyclic) bond motifs is 3. The predicted molar refractivity (Wildman–Crippen MR) is 61.1 cm³/mol. The van der Waals surface area contributed by atoms with Crippen molar-refractivity contribution in [2.24, 2.45) is 5.92 Å². The summed E-state index contributed by atoms with van der Waals surface area (Å²) >= 11 is 0. The quantitative estimate of drug-likeness (QED) is 0.635. The lowest BCUT2D eigenvalue weighted by Gasteiger charge is -2.21. The highest BCUT2D eigenvalue weighted by Gasteiger charge is 2.36. The molecule has 0 amide bonds. The molecule has 0 saturated heterocycles. The third-order valence-corrected chi connectivity index (χ3v) is 4.16. The molecule has 0 saturated carbocycles. The molecule has 3 rings (SSSR count). The molecule has 0 bridgehead atoms. The van der Waals surface area contributed by atoms with Crippen LogP contribution in [0.25, 0.3) is 0 Å². The van der Waals surface area contributed by atoms with Crippen LogP contribution in [0.15, 0.2) is 0 Å². The molecule has 0 aromatic carbocycles. The van der Waals surface area contributed by atoms with E-state index in [1.54, 1.807) is 5.69 Å². The molecule has 1 unspecified atom stereocenters. The zero-order chi connectivity index (χ0) is 10.6. The van der Waals surface area contributed by atoms with E-state index in [0.717, 1.165) is 5.92 Å². The minimum absolute atomic E-state index is 0.322. The number of rotatable bonds is 0. The summed E-state index contributed by atoms with van der Waals surface area (Å²) in [5, 5.41) is 0. The van der Waals surface area contributed by atoms with Crippen LogP contribution in [0, 0.1) is 5.92 Å². The molecule has 1 aromatic rings. The number of hydrogen-bond acceptors (Lipinski definition) is 1. The van der Waals surface area contributed by atoms with E-state index in [1.807, 2.05) is 0 Å². The maximum atomic E-state index is 4.90. The van der Waals surface area contributed by atoms with Crippen molar-refractivity contribution in [2.45, 2.75) is 58.4 Å². The van der Waals surface area contributed by atoms with Crippen molar-refractivity contribution in [3.05, 3.63) is 17.2 Å². The van der Waals surface area contributed by atoms with Gasteiger partial charge in [0.05, 0.1) is 5.69 Å². The average molecular weight is 204 g/mol. The molecule has 82 valence electrons. The van der Waals surface area contributed by atoms with Gasteiger partial charge in [0.25, 0.3) is 0 Å². The molecule has 1 aromatic heterocycles. The van der Waals surface area contributed by atoms with Crippen molar-refractivity contribution in [3.8, 4) is 0 Å². The second kappa shape index (κ2) is 2.87. The second-order valence-corrected chi connectivity index (χ2v) is 5.96. The Bertz CT molecular complexity index is 401. The van der Waals surface area contributed by atoms with Gasteiger partial charge in [0, 0.05) is 24.1 Å². The SMILES string of the molecule is CC1CCn2c(nc3c2CCC3(C)C)C1. The monoisotopic (exact) mass is 204 g/mol. The molecule has 1 aliphatic heterocycles. The van der Waals surface area contributed by atoms with Crippen LogP contribution in [-0.4, -0.2) is 9.55 Å². The van der Waals surface area contributed by atoms with E-state index >= 15 is 0 Å². The zero-order valence-electron chi connectivity index (χ0n) is 10.0. The van der Waals surface area contributed by atoms with Crippen molar-refractivity contribution in [1.29, 1.82) is 0 Å². The van der Waals surface area contributed by atoms with Gasteiger partial charge in [0.2, 0.25) is 0 Å². The molecule has 0 N–H and O–H groups in total. The molecule has 0 radical (unpaired) electrons. The Balaban J connectivity index is 2.09. The van der Waals surface area contributed by atoms with Crippen molar-refractivity contribution in [2.75, 3.05) is 0 Å². The number of nitrogens with zero attached hydrogens (tertiary/aromatic N) is 2. The Morgan fingerprint density at radius 2 is 2.20 bits per heavy atom. The lowest BCUT2D eigenvalue weighted by molar-refractivity contribution is 0.399. The van der Waals surface area contributed by atoms with Crippen LogP contribution in [-0.2, 0) is 24.8 Å². The molecule has 1 aliphatic carbocycles. The molecule has 1 atom stereocenters. The van der Waals surface area contributed by atoms with Crippen molar-refractivity contribution in [1.82, 2.24) is 9.55 Å². The fraction of sp³-hybridized carbons (Fsp3) is 0.769. The first-order valence-electron chi connectivity index (χ1n) is 6.17. The fourth-order valence-corrected chi connectivity index (χ4v) is 3.07. The van der Waals surface area contributed by atoms with Crippen LogP contribution >= 0.6 is 0 Å². The summed E-state index contributed by atoms with van der Waals surface area (Å²) in [6.07, 6.45) is 5.03. The lowest BCUT2D eigenvalue weighted by Crippen LogP contribution is -2.19. The topological polar surface area (TPSA) is 17.8 Å². The van der Waals surface area contributed by atoms with Gasteiger partial charge in [-0.15, -0.1) is 0 Å². The molecular formula is C13H20N2. The molecule has 2 aliphatic rings. The molecule has 2 heteroatoms. The van der Waals surface area contributed by atoms with E-state index in [9.17, 15) is 0 Å². The fourth-order valence-electron chi connectivity index (χ4n) is 3.07. The summed E-state index contributed by atoms with van der Waals surface area (Å²) in [6.45, 7) is 8.21. The molecule has 2 heterocycles. The Hall–Kier alpha value is -0.790. The standard InChI is InChI=1S/C13H20N2/c1-9-5-7-15-10-4-6-13(2,3)12(10)14-11(15)8-9/h9H,4-8H2,1-3H3. The highest BCUT2D eigenvalue weighted by Crippen LogP contribution is 2.39. The van der Waals surface area contributed by atoms with Crippen LogP contribution < -0.4 is 0 Å². The maximum Gasteiger partial charge on any atom is 0.109 e. The summed E-state index contributed by atoms with van der Waals surface area (Å²) < 4.78 is 2.50. The van der Waals surface area contributed by atoms with Crippen molar-refractivity contribution < 1.29 is 0 Å². The lowest BCUT2D eigenvalue weighted by atomic mass is 9.91. The average Bonchev–Trinajstić information content (AvgIpc) is 2.65. The van der Waals surface area contributed by atoms with Gasteiger partial charge in [-0.3, -0.25) is 0 Å². The molecule has 2 nitrogen and oxygen atoms in total. The Morgan fingerprint density at radius 3 is 3.00 bits per heavy atom. The van der Waals surface area contributed by atoms with Crippen molar-refractivity contribution in [3.63, 3.8) is 0 Å². The molecule has 15 heavy (non-hydrogen) atoms. The maximum absolute atomic E-state index is 4.90. The summed E-state index contributed by atoms with van der Waals surface area (Å²) in [5.41, 5.74) is 3.26. The Labute approximate surface area is 91.7 Å². The van der Waals surface area contributed by atoms with E-state index in [2.05, 4.69) is 25.3 Å². The first-order valence-corrected chi connectivity index (χ1v) is 6.17. The van der Waals surface area contributed by atoms with Crippen LogP contribution in [0.1, 0.15) is 50.8 Å². The van der Waals surface area contributed by atoms with Gasteiger partial charge in [-0.2, -0.15) is 0 Å². The molecule has 0 fully saturated rings. The van der Waals surface area contributed by atoms with E-state index in [4.69, 9.17) is 4.98 Å². The van der Waals surface area contributed by atoms with Crippen LogP contribution in [0.5, 0.6) is 0 Å². The van der Waals surface area contributed by atoms with E-state index in [-0.39, 0.29) is 0 Å². The first-order chi connectivity index (χ1) is 7.08. The number of imidazole rings is 1. The Morgan fingerprint density at radius 1 is 1.40 bits per heavy atom. The van der Waals surface area contributed by atoms with Crippen molar-refractivity contribution >= 4 is 0 Å². The normalized spacial score (nSPS) is 27.5. The second-order valence-electron chi connectivity index (χ2n) is 5.96. The van der Waals surface area contributed by atoms with Crippen LogP contribution in [0.3, 0.4) is 0 Å². The molecular weight excluding hydrogens is 184 g/mol. The summed E-state index contributed by atoms with van der Waals surface area (Å²) in [4.78, 5) is 4.90. The van der Waals surface area contributed by atoms with Crippen LogP contribution in [0.4, 0.5) is 0 Å². The smallest absolute Gasteiger partial charge is 0.109 e. The van der Waals surface area contributed by atoms with Gasteiger partial charge in [-0.25, -0.2) is 4.98 Å². The predicted octanol–water partition coefficient (Wildman–Crippen LogP) is 2.69. The van der Waals surface area contributed by atoms with Gasteiger partial charge < -0.3 is 4.57 Å². The zero-order valence-corrected chi connectivity index (χ0v) is 10.0. The number of hydrogen-bond donors (Lipinski definition) is 0. The summed E-state index contributed by atoms with van der Waals surface area (Å²) in [6, 6.07) is 0. The van der Waals surface area contributed by atoms with Crippen LogP contribution in [0.2, 0.25) is 0 Å². The van der Waals surface area contributed by atoms with Gasteiger partial charge in [0.15, 0.2) is 0 Å². The van der Waals surface area contributed by atoms with E-state index in [0.29, 0.717) is 5.41 Å². The van der Waals surface area contributed by atoms with Gasteiger partial charge in [-0.05, 0) is 25.2 Å². The highest BCUT2D eigenvalue weighted by molar-refractivity contribution is 5.31. The minimum atomic E-state index is 0.322. The summed E-state index contributed by atoms with van der Waals surface area (Å²) in [5.74, 6) is 2.18. The van der Waals surface area contributed by atoms with E-state index < -0.39 is 0 Å². The molecule has 0 spiro atoms. The summed E-state index contributed by atoms with van der Waals surface area (Å²) in [7, 11) is 0. The number of aromatic nitrogens is 2. The van der Waals surface area contributed by atoms with Gasteiger partial charge in [0.1, 0.15) is 5.82 Å².